The molecule has 3 amide bonds. The number of hydrogen-bond acceptors (Lipinski definition) is 5. The molecule has 28 heavy (non-hydrogen) atoms. The monoisotopic (exact) mass is 459 g/mol. The SMILES string of the molecule is CC(Sc1nnc(-c2ccccc2Br)n1Cc1ccccc1)C(=O)NC(N)=O. The van der Waals surface area contributed by atoms with E-state index in [1.165, 1.54) is 11.8 Å². The molecule has 1 aromatic heterocycles. The highest BCUT2D eigenvalue weighted by molar-refractivity contribution is 9.10. The van der Waals surface area contributed by atoms with Crippen molar-refractivity contribution in [1.82, 2.24) is 20.1 Å². The summed E-state index contributed by atoms with van der Waals surface area (Å²) in [6, 6.07) is 16.8. The van der Waals surface area contributed by atoms with Crippen molar-refractivity contribution in [3.05, 3.63) is 64.6 Å². The fourth-order valence-corrected chi connectivity index (χ4v) is 3.87. The lowest BCUT2D eigenvalue weighted by Crippen LogP contribution is -2.39. The van der Waals surface area contributed by atoms with Gasteiger partial charge in [-0.25, -0.2) is 4.79 Å². The molecule has 3 N–H and O–H groups in total. The summed E-state index contributed by atoms with van der Waals surface area (Å²) in [6.07, 6.45) is 0. The van der Waals surface area contributed by atoms with Crippen LogP contribution >= 0.6 is 27.7 Å². The number of nitrogens with two attached hydrogens (primary N) is 1. The van der Waals surface area contributed by atoms with E-state index in [1.807, 2.05) is 59.2 Å². The van der Waals surface area contributed by atoms with Crippen molar-refractivity contribution in [2.24, 2.45) is 5.73 Å². The van der Waals surface area contributed by atoms with Gasteiger partial charge in [0.2, 0.25) is 5.91 Å². The van der Waals surface area contributed by atoms with Crippen LogP contribution in [-0.2, 0) is 11.3 Å². The van der Waals surface area contributed by atoms with Gasteiger partial charge in [0, 0.05) is 10.0 Å². The molecule has 0 spiro atoms. The Labute approximate surface area is 174 Å². The second-order valence-electron chi connectivity index (χ2n) is 5.97. The Hall–Kier alpha value is -2.65. The predicted molar refractivity (Wildman–Crippen MR) is 112 cm³/mol. The number of primary amides is 1. The number of benzene rings is 2. The number of nitrogens with zero attached hydrogens (tertiary/aromatic N) is 3. The maximum Gasteiger partial charge on any atom is 0.318 e. The summed E-state index contributed by atoms with van der Waals surface area (Å²) < 4.78 is 2.85. The lowest BCUT2D eigenvalue weighted by atomic mass is 10.2. The third-order valence-electron chi connectivity index (χ3n) is 3.91. The Balaban J connectivity index is 1.97. The number of nitrogens with one attached hydrogen (secondary N) is 1. The van der Waals surface area contributed by atoms with E-state index in [2.05, 4.69) is 31.4 Å². The number of thioether (sulfide) groups is 1. The number of halogens is 1. The summed E-state index contributed by atoms with van der Waals surface area (Å²) >= 11 is 4.77. The maximum atomic E-state index is 12.1. The average molecular weight is 460 g/mol. The van der Waals surface area contributed by atoms with Gasteiger partial charge in [0.1, 0.15) is 0 Å². The summed E-state index contributed by atoms with van der Waals surface area (Å²) in [6.45, 7) is 2.22. The van der Waals surface area contributed by atoms with Crippen molar-refractivity contribution in [3.8, 4) is 11.4 Å². The van der Waals surface area contributed by atoms with Crippen LogP contribution < -0.4 is 11.1 Å². The number of imide groups is 1. The molecule has 3 rings (SSSR count). The van der Waals surface area contributed by atoms with Crippen LogP contribution in [0.5, 0.6) is 0 Å². The summed E-state index contributed by atoms with van der Waals surface area (Å²) in [5.74, 6) is 0.204. The van der Waals surface area contributed by atoms with Crippen LogP contribution in [0.25, 0.3) is 11.4 Å². The van der Waals surface area contributed by atoms with Gasteiger partial charge in [-0.3, -0.25) is 14.7 Å². The van der Waals surface area contributed by atoms with Crippen LogP contribution in [0, 0.1) is 0 Å². The molecule has 7 nitrogen and oxygen atoms in total. The van der Waals surface area contributed by atoms with E-state index in [0.29, 0.717) is 17.5 Å². The summed E-state index contributed by atoms with van der Waals surface area (Å²) in [5.41, 5.74) is 7.01. The normalized spacial score (nSPS) is 11.8. The molecule has 1 unspecified atom stereocenters. The molecular weight excluding hydrogens is 442 g/mol. The van der Waals surface area contributed by atoms with Crippen molar-refractivity contribution in [2.75, 3.05) is 0 Å². The van der Waals surface area contributed by atoms with Gasteiger partial charge in [0.05, 0.1) is 11.8 Å². The molecule has 3 aromatic rings. The fraction of sp³-hybridized carbons (Fsp3) is 0.158. The molecule has 2 aromatic carbocycles. The minimum atomic E-state index is -0.878. The van der Waals surface area contributed by atoms with Gasteiger partial charge in [-0.05, 0) is 18.6 Å². The smallest absolute Gasteiger partial charge is 0.318 e. The van der Waals surface area contributed by atoms with E-state index < -0.39 is 17.2 Å². The van der Waals surface area contributed by atoms with Crippen molar-refractivity contribution in [3.63, 3.8) is 0 Å². The standard InChI is InChI=1S/C19H18BrN5O2S/c1-12(17(26)22-18(21)27)28-19-24-23-16(14-9-5-6-10-15(14)20)25(19)11-13-7-3-2-4-8-13/h2-10,12H,11H2,1H3,(H3,21,22,26,27). The van der Waals surface area contributed by atoms with Crippen molar-refractivity contribution in [1.29, 1.82) is 0 Å². The van der Waals surface area contributed by atoms with E-state index in [9.17, 15) is 9.59 Å². The Kier molecular flexibility index (Phi) is 6.48. The van der Waals surface area contributed by atoms with Crippen LogP contribution in [-0.4, -0.2) is 32.0 Å². The van der Waals surface area contributed by atoms with Crippen molar-refractivity contribution in [2.45, 2.75) is 23.9 Å². The molecule has 0 fully saturated rings. The third-order valence-corrected chi connectivity index (χ3v) is 5.68. The Morgan fingerprint density at radius 3 is 2.50 bits per heavy atom. The maximum absolute atomic E-state index is 12.1. The molecule has 1 atom stereocenters. The van der Waals surface area contributed by atoms with Crippen LogP contribution in [0.15, 0.2) is 64.2 Å². The minimum absolute atomic E-state index is 0.478. The van der Waals surface area contributed by atoms with Gasteiger partial charge in [-0.1, -0.05) is 76.2 Å². The Morgan fingerprint density at radius 1 is 1.14 bits per heavy atom. The molecule has 0 saturated carbocycles. The van der Waals surface area contributed by atoms with Gasteiger partial charge in [-0.2, -0.15) is 0 Å². The molecule has 1 heterocycles. The lowest BCUT2D eigenvalue weighted by molar-refractivity contribution is -0.119. The van der Waals surface area contributed by atoms with Crippen LogP contribution in [0.1, 0.15) is 12.5 Å². The second-order valence-corrected chi connectivity index (χ2v) is 8.13. The van der Waals surface area contributed by atoms with Gasteiger partial charge in [-0.15, -0.1) is 10.2 Å². The summed E-state index contributed by atoms with van der Waals surface area (Å²) in [4.78, 5) is 23.0. The highest BCUT2D eigenvalue weighted by Crippen LogP contribution is 2.31. The third kappa shape index (κ3) is 4.79. The molecule has 0 bridgehead atoms. The second kappa shape index (κ2) is 9.03. The number of carbonyl (C=O) groups excluding carboxylic acids is 2. The zero-order chi connectivity index (χ0) is 20.1. The van der Waals surface area contributed by atoms with E-state index >= 15 is 0 Å². The first-order chi connectivity index (χ1) is 13.5. The Morgan fingerprint density at radius 2 is 1.82 bits per heavy atom. The van der Waals surface area contributed by atoms with Crippen LogP contribution in [0.2, 0.25) is 0 Å². The largest absolute Gasteiger partial charge is 0.351 e. The number of aromatic nitrogens is 3. The number of rotatable bonds is 6. The van der Waals surface area contributed by atoms with Crippen LogP contribution in [0.4, 0.5) is 4.79 Å². The molecule has 0 aliphatic heterocycles. The van der Waals surface area contributed by atoms with Gasteiger partial charge < -0.3 is 5.73 Å². The number of hydrogen-bond donors (Lipinski definition) is 2. The predicted octanol–water partition coefficient (Wildman–Crippen LogP) is 3.43. The first kappa shape index (κ1) is 20.1. The van der Waals surface area contributed by atoms with Gasteiger partial charge in [0.25, 0.3) is 0 Å². The quantitative estimate of drug-likeness (QED) is 0.549. The molecule has 144 valence electrons. The number of amides is 3. The highest BCUT2D eigenvalue weighted by atomic mass is 79.9. The van der Waals surface area contributed by atoms with Gasteiger partial charge >= 0.3 is 6.03 Å². The van der Waals surface area contributed by atoms with E-state index in [0.717, 1.165) is 15.6 Å². The first-order valence-electron chi connectivity index (χ1n) is 8.44. The molecule has 9 heteroatoms. The Bertz CT molecular complexity index is 993. The molecule has 0 saturated heterocycles. The molecule has 0 aliphatic carbocycles. The minimum Gasteiger partial charge on any atom is -0.351 e. The number of carbonyl (C=O) groups is 2. The molecule has 0 radical (unpaired) electrons. The number of urea groups is 1. The van der Waals surface area contributed by atoms with Crippen molar-refractivity contribution < 1.29 is 9.59 Å². The zero-order valence-corrected chi connectivity index (χ0v) is 17.4. The first-order valence-corrected chi connectivity index (χ1v) is 10.1. The van der Waals surface area contributed by atoms with E-state index in [-0.39, 0.29) is 0 Å². The topological polar surface area (TPSA) is 103 Å². The van der Waals surface area contributed by atoms with E-state index in [1.54, 1.807) is 6.92 Å². The van der Waals surface area contributed by atoms with E-state index in [4.69, 9.17) is 5.73 Å². The molecule has 0 aliphatic rings. The van der Waals surface area contributed by atoms with Crippen molar-refractivity contribution >= 4 is 39.6 Å². The average Bonchev–Trinajstić information content (AvgIpc) is 3.04. The summed E-state index contributed by atoms with van der Waals surface area (Å²) in [5, 5.41) is 10.7. The lowest BCUT2D eigenvalue weighted by Gasteiger charge is -2.13. The summed E-state index contributed by atoms with van der Waals surface area (Å²) in [7, 11) is 0. The highest BCUT2D eigenvalue weighted by Gasteiger charge is 2.22. The van der Waals surface area contributed by atoms with Crippen LogP contribution in [0.3, 0.4) is 0 Å². The van der Waals surface area contributed by atoms with Gasteiger partial charge in [0.15, 0.2) is 11.0 Å². The fourth-order valence-electron chi connectivity index (χ4n) is 2.56. The molecular formula is C19H18BrN5O2S. The zero-order valence-electron chi connectivity index (χ0n) is 15.0.